The number of phenolic OH excluding ortho intramolecular Hbond substituents is 1. The number of aromatic hydroxyl groups is 1. The van der Waals surface area contributed by atoms with Gasteiger partial charge in [0.1, 0.15) is 17.8 Å². The van der Waals surface area contributed by atoms with Crippen molar-refractivity contribution in [2.75, 3.05) is 0 Å². The molecule has 0 aliphatic heterocycles. The lowest BCUT2D eigenvalue weighted by molar-refractivity contribution is -0.143. The molecule has 0 spiro atoms. The van der Waals surface area contributed by atoms with Crippen LogP contribution in [0.3, 0.4) is 0 Å². The molecule has 3 atom stereocenters. The second kappa shape index (κ2) is 10.3. The summed E-state index contributed by atoms with van der Waals surface area (Å²) in [5, 5.41) is 32.1. The molecular weight excluding hydrogens is 370 g/mol. The molecule has 1 aromatic rings. The number of rotatable bonds is 10. The standard InChI is InChI=1S/C18H25N3O7/c1-9(2)15(21-16(25)12(19)8-14(23)24)17(26)20-13(18(27)28)7-10-3-5-11(22)6-4-10/h3-6,9,12-13,15,22H,7-8,19H2,1-2H3,(H,20,26)(H,21,25)(H,23,24)(H,27,28)/t12-,13-,15+/m1/s1. The molecule has 0 saturated heterocycles. The molecular formula is C18H25N3O7. The summed E-state index contributed by atoms with van der Waals surface area (Å²) < 4.78 is 0. The summed E-state index contributed by atoms with van der Waals surface area (Å²) in [5.74, 6) is -4.44. The Hall–Kier alpha value is -3.14. The molecule has 0 aliphatic carbocycles. The Morgan fingerprint density at radius 1 is 1.00 bits per heavy atom. The van der Waals surface area contributed by atoms with Crippen LogP contribution in [0.5, 0.6) is 5.75 Å². The van der Waals surface area contributed by atoms with Crippen LogP contribution in [0.4, 0.5) is 0 Å². The van der Waals surface area contributed by atoms with Gasteiger partial charge < -0.3 is 31.7 Å². The van der Waals surface area contributed by atoms with Crippen molar-refractivity contribution in [2.45, 2.75) is 44.8 Å². The number of carboxylic acid groups (broad SMARTS) is 2. The molecule has 0 radical (unpaired) electrons. The monoisotopic (exact) mass is 395 g/mol. The number of nitrogens with two attached hydrogens (primary N) is 1. The minimum absolute atomic E-state index is 0.0277. The number of benzene rings is 1. The van der Waals surface area contributed by atoms with Crippen molar-refractivity contribution in [3.05, 3.63) is 29.8 Å². The van der Waals surface area contributed by atoms with E-state index in [1.807, 2.05) is 0 Å². The quantitative estimate of drug-likeness (QED) is 0.305. The molecule has 1 aromatic carbocycles. The number of phenols is 1. The van der Waals surface area contributed by atoms with Gasteiger partial charge in [-0.1, -0.05) is 26.0 Å². The van der Waals surface area contributed by atoms with Crippen molar-refractivity contribution < 1.29 is 34.5 Å². The lowest BCUT2D eigenvalue weighted by atomic mass is 10.0. The number of carbonyl (C=O) groups excluding carboxylic acids is 2. The van der Waals surface area contributed by atoms with Gasteiger partial charge in [0, 0.05) is 6.42 Å². The van der Waals surface area contributed by atoms with E-state index < -0.39 is 54.2 Å². The first kappa shape index (κ1) is 22.9. The predicted octanol–water partition coefficient (Wildman–Crippen LogP) is -0.553. The molecule has 0 unspecified atom stereocenters. The van der Waals surface area contributed by atoms with Gasteiger partial charge in [-0.2, -0.15) is 0 Å². The number of hydrogen-bond acceptors (Lipinski definition) is 6. The predicted molar refractivity (Wildman–Crippen MR) is 98.4 cm³/mol. The van der Waals surface area contributed by atoms with Gasteiger partial charge >= 0.3 is 11.9 Å². The first-order chi connectivity index (χ1) is 13.0. The lowest BCUT2D eigenvalue weighted by Crippen LogP contribution is -2.56. The van der Waals surface area contributed by atoms with Gasteiger partial charge in [-0.15, -0.1) is 0 Å². The van der Waals surface area contributed by atoms with Crippen LogP contribution in [0.1, 0.15) is 25.8 Å². The van der Waals surface area contributed by atoms with Gasteiger partial charge in [0.15, 0.2) is 0 Å². The summed E-state index contributed by atoms with van der Waals surface area (Å²) in [6, 6.07) is 2.18. The average Bonchev–Trinajstić information content (AvgIpc) is 2.59. The third kappa shape index (κ3) is 7.23. The second-order valence-electron chi connectivity index (χ2n) is 6.70. The molecule has 2 amide bonds. The molecule has 0 saturated carbocycles. The van der Waals surface area contributed by atoms with Gasteiger partial charge in [-0.3, -0.25) is 14.4 Å². The smallest absolute Gasteiger partial charge is 0.326 e. The first-order valence-electron chi connectivity index (χ1n) is 8.60. The van der Waals surface area contributed by atoms with E-state index in [0.717, 1.165) is 0 Å². The van der Waals surface area contributed by atoms with Crippen molar-refractivity contribution in [3.63, 3.8) is 0 Å². The number of amides is 2. The molecule has 0 aliphatic rings. The lowest BCUT2D eigenvalue weighted by Gasteiger charge is -2.25. The topological polar surface area (TPSA) is 179 Å². The Bertz CT molecular complexity index is 718. The average molecular weight is 395 g/mol. The number of carbonyl (C=O) groups is 4. The van der Waals surface area contributed by atoms with Gasteiger partial charge in [0.2, 0.25) is 11.8 Å². The van der Waals surface area contributed by atoms with E-state index in [2.05, 4.69) is 10.6 Å². The highest BCUT2D eigenvalue weighted by molar-refractivity contribution is 5.93. The maximum atomic E-state index is 12.5. The summed E-state index contributed by atoms with van der Waals surface area (Å²) in [6.45, 7) is 3.28. The minimum atomic E-state index is -1.33. The number of hydrogen-bond donors (Lipinski definition) is 6. The van der Waals surface area contributed by atoms with Crippen molar-refractivity contribution in [1.82, 2.24) is 10.6 Å². The van der Waals surface area contributed by atoms with Crippen LogP contribution in [0.25, 0.3) is 0 Å². The third-order valence-electron chi connectivity index (χ3n) is 3.97. The second-order valence-corrected chi connectivity index (χ2v) is 6.70. The number of aliphatic carboxylic acids is 2. The fourth-order valence-electron chi connectivity index (χ4n) is 2.41. The van der Waals surface area contributed by atoms with Crippen LogP contribution < -0.4 is 16.4 Å². The molecule has 0 heterocycles. The van der Waals surface area contributed by atoms with Gasteiger partial charge in [0.05, 0.1) is 12.5 Å². The molecule has 154 valence electrons. The van der Waals surface area contributed by atoms with Gasteiger partial charge in [-0.05, 0) is 23.6 Å². The van der Waals surface area contributed by atoms with E-state index in [4.69, 9.17) is 10.8 Å². The van der Waals surface area contributed by atoms with E-state index >= 15 is 0 Å². The summed E-state index contributed by atoms with van der Waals surface area (Å²) in [7, 11) is 0. The summed E-state index contributed by atoms with van der Waals surface area (Å²) >= 11 is 0. The SMILES string of the molecule is CC(C)[C@H](NC(=O)[C@H](N)CC(=O)O)C(=O)N[C@H](Cc1ccc(O)cc1)C(=O)O. The van der Waals surface area contributed by atoms with Crippen LogP contribution >= 0.6 is 0 Å². The number of nitrogens with one attached hydrogen (secondary N) is 2. The largest absolute Gasteiger partial charge is 0.508 e. The van der Waals surface area contributed by atoms with Crippen LogP contribution in [-0.2, 0) is 25.6 Å². The molecule has 28 heavy (non-hydrogen) atoms. The van der Waals surface area contributed by atoms with Crippen molar-refractivity contribution in [2.24, 2.45) is 11.7 Å². The highest BCUT2D eigenvalue weighted by Gasteiger charge is 2.30. The van der Waals surface area contributed by atoms with E-state index in [-0.39, 0.29) is 12.2 Å². The molecule has 1 rings (SSSR count). The Balaban J connectivity index is 2.83. The fourth-order valence-corrected chi connectivity index (χ4v) is 2.41. The maximum absolute atomic E-state index is 12.5. The minimum Gasteiger partial charge on any atom is -0.508 e. The zero-order chi connectivity index (χ0) is 21.4. The summed E-state index contributed by atoms with van der Waals surface area (Å²) in [4.78, 5) is 46.7. The fraction of sp³-hybridized carbons (Fsp3) is 0.444. The van der Waals surface area contributed by atoms with Crippen LogP contribution in [-0.4, -0.2) is 57.2 Å². The van der Waals surface area contributed by atoms with E-state index in [1.54, 1.807) is 13.8 Å². The van der Waals surface area contributed by atoms with E-state index in [9.17, 15) is 29.4 Å². The Morgan fingerprint density at radius 3 is 2.04 bits per heavy atom. The van der Waals surface area contributed by atoms with E-state index in [1.165, 1.54) is 24.3 Å². The molecule has 0 fully saturated rings. The highest BCUT2D eigenvalue weighted by Crippen LogP contribution is 2.12. The summed E-state index contributed by atoms with van der Waals surface area (Å²) in [6.07, 6.45) is -0.629. The Morgan fingerprint density at radius 2 is 1.57 bits per heavy atom. The van der Waals surface area contributed by atoms with Crippen LogP contribution in [0.15, 0.2) is 24.3 Å². The molecule has 7 N–H and O–H groups in total. The third-order valence-corrected chi connectivity index (χ3v) is 3.97. The molecule has 0 bridgehead atoms. The highest BCUT2D eigenvalue weighted by atomic mass is 16.4. The van der Waals surface area contributed by atoms with Crippen molar-refractivity contribution in [3.8, 4) is 5.75 Å². The summed E-state index contributed by atoms with van der Waals surface area (Å²) in [5.41, 5.74) is 6.07. The van der Waals surface area contributed by atoms with Gasteiger partial charge in [0.25, 0.3) is 0 Å². The van der Waals surface area contributed by atoms with Crippen molar-refractivity contribution in [1.29, 1.82) is 0 Å². The molecule has 10 heteroatoms. The first-order valence-corrected chi connectivity index (χ1v) is 8.60. The van der Waals surface area contributed by atoms with Crippen LogP contribution in [0.2, 0.25) is 0 Å². The van der Waals surface area contributed by atoms with Crippen LogP contribution in [0, 0.1) is 5.92 Å². The van der Waals surface area contributed by atoms with Crippen molar-refractivity contribution >= 4 is 23.8 Å². The zero-order valence-corrected chi connectivity index (χ0v) is 15.6. The maximum Gasteiger partial charge on any atom is 0.326 e. The van der Waals surface area contributed by atoms with Gasteiger partial charge in [-0.25, -0.2) is 4.79 Å². The Labute approximate surface area is 161 Å². The normalized spacial score (nSPS) is 14.0. The number of carboxylic acids is 2. The molecule has 0 aromatic heterocycles. The van der Waals surface area contributed by atoms with E-state index in [0.29, 0.717) is 5.56 Å². The zero-order valence-electron chi connectivity index (χ0n) is 15.6. The Kier molecular flexibility index (Phi) is 8.39. The molecule has 10 nitrogen and oxygen atoms in total.